The van der Waals surface area contributed by atoms with Crippen LogP contribution >= 0.6 is 27.5 Å². The summed E-state index contributed by atoms with van der Waals surface area (Å²) < 4.78 is 0.846. The van der Waals surface area contributed by atoms with E-state index in [1.54, 1.807) is 12.1 Å². The van der Waals surface area contributed by atoms with Crippen LogP contribution in [0.2, 0.25) is 5.02 Å². The van der Waals surface area contributed by atoms with E-state index >= 15 is 0 Å². The second kappa shape index (κ2) is 4.58. The van der Waals surface area contributed by atoms with Crippen LogP contribution in [0.4, 0.5) is 0 Å². The van der Waals surface area contributed by atoms with E-state index in [2.05, 4.69) is 15.9 Å². The minimum absolute atomic E-state index is 0.0627. The minimum Gasteiger partial charge on any atom is -0.265 e. The minimum atomic E-state index is -0.338. The average molecular weight is 265 g/mol. The van der Waals surface area contributed by atoms with Crippen LogP contribution in [0.3, 0.4) is 0 Å². The lowest BCUT2D eigenvalue weighted by atomic mass is 10.1. The highest BCUT2D eigenvalue weighted by atomic mass is 79.9. The van der Waals surface area contributed by atoms with Crippen molar-refractivity contribution in [3.63, 3.8) is 0 Å². The van der Waals surface area contributed by atoms with E-state index < -0.39 is 0 Å². The molecule has 0 aliphatic carbocycles. The standard InChI is InChI=1S/C8H7BrClNO2/c9-7-3-6(1-2-11(12)13)4-8(10)5-7/h3-5H,1-2H2. The summed E-state index contributed by atoms with van der Waals surface area (Å²) in [6, 6.07) is 5.31. The van der Waals surface area contributed by atoms with Crippen molar-refractivity contribution in [1.29, 1.82) is 0 Å². The van der Waals surface area contributed by atoms with Gasteiger partial charge in [0.2, 0.25) is 6.54 Å². The first-order valence-corrected chi connectivity index (χ1v) is 4.82. The third-order valence-corrected chi connectivity index (χ3v) is 2.18. The van der Waals surface area contributed by atoms with Crippen molar-refractivity contribution in [2.24, 2.45) is 0 Å². The van der Waals surface area contributed by atoms with Crippen molar-refractivity contribution in [2.45, 2.75) is 6.42 Å². The molecule has 0 amide bonds. The maximum absolute atomic E-state index is 10.1. The van der Waals surface area contributed by atoms with Crippen LogP contribution < -0.4 is 0 Å². The zero-order chi connectivity index (χ0) is 9.84. The molecule has 1 aromatic rings. The molecule has 70 valence electrons. The Balaban J connectivity index is 2.71. The lowest BCUT2D eigenvalue weighted by Gasteiger charge is -1.99. The third kappa shape index (κ3) is 3.74. The summed E-state index contributed by atoms with van der Waals surface area (Å²) in [6.07, 6.45) is 0.409. The first kappa shape index (κ1) is 10.5. The zero-order valence-electron chi connectivity index (χ0n) is 6.67. The van der Waals surface area contributed by atoms with E-state index in [1.165, 1.54) is 0 Å². The first-order valence-electron chi connectivity index (χ1n) is 3.64. The topological polar surface area (TPSA) is 43.1 Å². The van der Waals surface area contributed by atoms with Gasteiger partial charge in [0.15, 0.2) is 0 Å². The van der Waals surface area contributed by atoms with Gasteiger partial charge in [0.25, 0.3) is 0 Å². The summed E-state index contributed by atoms with van der Waals surface area (Å²) in [4.78, 5) is 9.76. The quantitative estimate of drug-likeness (QED) is 0.622. The second-order valence-electron chi connectivity index (χ2n) is 2.58. The van der Waals surface area contributed by atoms with Crippen LogP contribution in [0.25, 0.3) is 0 Å². The average Bonchev–Trinajstić information content (AvgIpc) is 1.99. The molecule has 0 spiro atoms. The highest BCUT2D eigenvalue weighted by molar-refractivity contribution is 9.10. The predicted molar refractivity (Wildman–Crippen MR) is 54.7 cm³/mol. The first-order chi connectivity index (χ1) is 6.08. The van der Waals surface area contributed by atoms with Gasteiger partial charge in [-0.25, -0.2) is 0 Å². The lowest BCUT2D eigenvalue weighted by Crippen LogP contribution is -2.03. The summed E-state index contributed by atoms with van der Waals surface area (Å²) in [5, 5.41) is 10.7. The molecule has 0 heterocycles. The number of halogens is 2. The Kier molecular flexibility index (Phi) is 3.69. The van der Waals surface area contributed by atoms with E-state index in [9.17, 15) is 10.1 Å². The van der Waals surface area contributed by atoms with Crippen LogP contribution in [-0.4, -0.2) is 11.5 Å². The summed E-state index contributed by atoms with van der Waals surface area (Å²) in [5.74, 6) is 0. The molecule has 0 bridgehead atoms. The molecule has 0 fully saturated rings. The molecule has 1 aromatic carbocycles. The molecule has 0 N–H and O–H groups in total. The molecule has 0 unspecified atom stereocenters. The van der Waals surface area contributed by atoms with Gasteiger partial charge in [0.1, 0.15) is 0 Å². The maximum atomic E-state index is 10.1. The smallest absolute Gasteiger partial charge is 0.207 e. The summed E-state index contributed by atoms with van der Waals surface area (Å²) >= 11 is 9.03. The van der Waals surface area contributed by atoms with Crippen molar-refractivity contribution >= 4 is 27.5 Å². The van der Waals surface area contributed by atoms with Crippen LogP contribution in [-0.2, 0) is 6.42 Å². The van der Waals surface area contributed by atoms with Crippen molar-refractivity contribution in [3.8, 4) is 0 Å². The largest absolute Gasteiger partial charge is 0.265 e. The highest BCUT2D eigenvalue weighted by Gasteiger charge is 2.02. The van der Waals surface area contributed by atoms with Gasteiger partial charge in [0.05, 0.1) is 0 Å². The van der Waals surface area contributed by atoms with Crippen LogP contribution in [0.1, 0.15) is 5.56 Å². The van der Waals surface area contributed by atoms with E-state index in [0.717, 1.165) is 10.0 Å². The second-order valence-corrected chi connectivity index (χ2v) is 3.94. The molecular weight excluding hydrogens is 257 g/mol. The number of nitro groups is 1. The summed E-state index contributed by atoms with van der Waals surface area (Å²) in [6.45, 7) is -0.0627. The molecule has 5 heteroatoms. The van der Waals surface area contributed by atoms with E-state index in [1.807, 2.05) is 6.07 Å². The zero-order valence-corrected chi connectivity index (χ0v) is 9.01. The van der Waals surface area contributed by atoms with Crippen LogP contribution in [0.5, 0.6) is 0 Å². The predicted octanol–water partition coefficient (Wildman–Crippen LogP) is 2.92. The van der Waals surface area contributed by atoms with Gasteiger partial charge in [-0.2, -0.15) is 0 Å². The summed E-state index contributed by atoms with van der Waals surface area (Å²) in [7, 11) is 0. The molecule has 0 radical (unpaired) electrons. The normalized spacial score (nSPS) is 10.0. The molecule has 0 aliphatic rings. The van der Waals surface area contributed by atoms with Crippen molar-refractivity contribution in [1.82, 2.24) is 0 Å². The molecule has 0 atom stereocenters. The Labute approximate surface area is 89.0 Å². The van der Waals surface area contributed by atoms with Crippen molar-refractivity contribution in [2.75, 3.05) is 6.54 Å². The Morgan fingerprint density at radius 1 is 1.46 bits per heavy atom. The molecule has 0 aliphatic heterocycles. The van der Waals surface area contributed by atoms with Crippen LogP contribution in [0.15, 0.2) is 22.7 Å². The number of hydrogen-bond donors (Lipinski definition) is 0. The Bertz CT molecular complexity index is 310. The Morgan fingerprint density at radius 3 is 2.69 bits per heavy atom. The summed E-state index contributed by atoms with van der Waals surface area (Å²) in [5.41, 5.74) is 0.871. The SMILES string of the molecule is O=[N+]([O-])CCc1cc(Cl)cc(Br)c1. The molecule has 1 rings (SSSR count). The molecule has 13 heavy (non-hydrogen) atoms. The molecule has 0 saturated carbocycles. The molecule has 0 aromatic heterocycles. The Hall–Kier alpha value is -0.610. The highest BCUT2D eigenvalue weighted by Crippen LogP contribution is 2.19. The van der Waals surface area contributed by atoms with Gasteiger partial charge in [-0.05, 0) is 23.8 Å². The van der Waals surface area contributed by atoms with E-state index in [-0.39, 0.29) is 11.5 Å². The fourth-order valence-corrected chi connectivity index (χ4v) is 1.91. The number of nitrogens with zero attached hydrogens (tertiary/aromatic N) is 1. The number of benzene rings is 1. The van der Waals surface area contributed by atoms with Crippen LogP contribution in [0, 0.1) is 10.1 Å². The fraction of sp³-hybridized carbons (Fsp3) is 0.250. The third-order valence-electron chi connectivity index (χ3n) is 1.51. The van der Waals surface area contributed by atoms with Gasteiger partial charge in [-0.15, -0.1) is 0 Å². The fourth-order valence-electron chi connectivity index (χ4n) is 0.976. The van der Waals surface area contributed by atoms with Crippen molar-refractivity contribution in [3.05, 3.63) is 43.4 Å². The number of rotatable bonds is 3. The number of hydrogen-bond acceptors (Lipinski definition) is 2. The van der Waals surface area contributed by atoms with Gasteiger partial charge < -0.3 is 0 Å². The van der Waals surface area contributed by atoms with Gasteiger partial charge in [0, 0.05) is 20.8 Å². The van der Waals surface area contributed by atoms with E-state index in [0.29, 0.717) is 11.4 Å². The Morgan fingerprint density at radius 2 is 2.15 bits per heavy atom. The maximum Gasteiger partial charge on any atom is 0.207 e. The molecular formula is C8H7BrClNO2. The van der Waals surface area contributed by atoms with Gasteiger partial charge in [-0.3, -0.25) is 10.1 Å². The molecule has 3 nitrogen and oxygen atoms in total. The van der Waals surface area contributed by atoms with Crippen molar-refractivity contribution < 1.29 is 4.92 Å². The van der Waals surface area contributed by atoms with Gasteiger partial charge in [-0.1, -0.05) is 27.5 Å². The van der Waals surface area contributed by atoms with Gasteiger partial charge >= 0.3 is 0 Å². The monoisotopic (exact) mass is 263 g/mol. The molecule has 0 saturated heterocycles. The van der Waals surface area contributed by atoms with E-state index in [4.69, 9.17) is 11.6 Å². The lowest BCUT2D eigenvalue weighted by molar-refractivity contribution is -0.479.